The van der Waals surface area contributed by atoms with Crippen LogP contribution in [0.25, 0.3) is 0 Å². The molecule has 0 bridgehead atoms. The van der Waals surface area contributed by atoms with Crippen LogP contribution in [0.5, 0.6) is 0 Å². The van der Waals surface area contributed by atoms with Crippen LogP contribution in [0.4, 0.5) is 13.2 Å². The molecule has 1 amide bonds. The minimum atomic E-state index is -2.69. The van der Waals surface area contributed by atoms with E-state index in [-0.39, 0.29) is 30.5 Å². The van der Waals surface area contributed by atoms with Crippen molar-refractivity contribution < 1.29 is 18.0 Å². The van der Waals surface area contributed by atoms with Crippen LogP contribution in [0.15, 0.2) is 54.1 Å². The molecule has 2 aliphatic rings. The maximum Gasteiger partial charge on any atom is 0.260 e. The molecule has 4 rings (SSSR count). The van der Waals surface area contributed by atoms with Crippen molar-refractivity contribution in [1.29, 1.82) is 0 Å². The number of carbonyl (C=O) groups is 1. The summed E-state index contributed by atoms with van der Waals surface area (Å²) in [6.45, 7) is 6.64. The summed E-state index contributed by atoms with van der Waals surface area (Å²) in [5.41, 5.74) is 2.96. The van der Waals surface area contributed by atoms with E-state index in [4.69, 9.17) is 0 Å². The van der Waals surface area contributed by atoms with Crippen molar-refractivity contribution in [2.75, 3.05) is 0 Å². The molecule has 7 heteroatoms. The fraction of sp³-hybridized carbons (Fsp3) is 0.462. The molecule has 1 saturated carbocycles. The zero-order valence-corrected chi connectivity index (χ0v) is 19.3. The van der Waals surface area contributed by atoms with Gasteiger partial charge in [0.05, 0.1) is 18.3 Å². The lowest BCUT2D eigenvalue weighted by atomic mass is 9.79. The maximum atomic E-state index is 14.0. The minimum Gasteiger partial charge on any atom is -0.331 e. The number of nitrogens with zero attached hydrogens (tertiary/aromatic N) is 3. The summed E-state index contributed by atoms with van der Waals surface area (Å²) in [5.74, 6) is -0.747. The first kappa shape index (κ1) is 23.3. The fourth-order valence-electron chi connectivity index (χ4n) is 4.64. The van der Waals surface area contributed by atoms with E-state index in [1.807, 2.05) is 11.8 Å². The Morgan fingerprint density at radius 2 is 2.06 bits per heavy atom. The maximum absolute atomic E-state index is 14.0. The highest BCUT2D eigenvalue weighted by Gasteiger charge is 2.35. The van der Waals surface area contributed by atoms with Gasteiger partial charge in [-0.05, 0) is 61.5 Å². The summed E-state index contributed by atoms with van der Waals surface area (Å²) < 4.78 is 41.9. The lowest BCUT2D eigenvalue weighted by Crippen LogP contribution is -2.33. The molecule has 0 N–H and O–H groups in total. The summed E-state index contributed by atoms with van der Waals surface area (Å²) in [6.07, 6.45) is 5.66. The number of allylic oxidation sites excluding steroid dienone is 4. The van der Waals surface area contributed by atoms with E-state index in [1.54, 1.807) is 17.8 Å². The average molecular weight is 458 g/mol. The molecule has 0 radical (unpaired) electrons. The van der Waals surface area contributed by atoms with Crippen LogP contribution in [0, 0.1) is 12.3 Å². The molecular formula is C26H30F3N3O. The van der Waals surface area contributed by atoms with Gasteiger partial charge < -0.3 is 4.90 Å². The van der Waals surface area contributed by atoms with Crippen LogP contribution in [0.1, 0.15) is 60.2 Å². The Kier molecular flexibility index (Phi) is 6.50. The van der Waals surface area contributed by atoms with E-state index in [2.05, 4.69) is 30.2 Å². The summed E-state index contributed by atoms with van der Waals surface area (Å²) in [5, 5.41) is 4.30. The topological polar surface area (TPSA) is 38.1 Å². The number of amides is 1. The van der Waals surface area contributed by atoms with E-state index >= 15 is 0 Å². The second kappa shape index (κ2) is 9.20. The highest BCUT2D eigenvalue weighted by atomic mass is 19.3. The van der Waals surface area contributed by atoms with Gasteiger partial charge in [-0.3, -0.25) is 9.48 Å². The van der Waals surface area contributed by atoms with Gasteiger partial charge in [0.1, 0.15) is 5.83 Å². The van der Waals surface area contributed by atoms with Gasteiger partial charge >= 0.3 is 0 Å². The van der Waals surface area contributed by atoms with Crippen LogP contribution in [0.2, 0.25) is 0 Å². The van der Waals surface area contributed by atoms with Gasteiger partial charge in [-0.2, -0.15) is 5.10 Å². The van der Waals surface area contributed by atoms with Crippen LogP contribution in [-0.4, -0.2) is 33.1 Å². The summed E-state index contributed by atoms with van der Waals surface area (Å²) in [7, 11) is 0. The second-order valence-corrected chi connectivity index (χ2v) is 9.60. The van der Waals surface area contributed by atoms with E-state index < -0.39 is 17.7 Å². The van der Waals surface area contributed by atoms with Gasteiger partial charge in [0, 0.05) is 24.2 Å². The molecule has 1 unspecified atom stereocenters. The molecular weight excluding hydrogens is 427 g/mol. The quantitative estimate of drug-likeness (QED) is 0.487. The average Bonchev–Trinajstić information content (AvgIpc) is 3.49. The van der Waals surface area contributed by atoms with Crippen molar-refractivity contribution in [3.05, 3.63) is 76.4 Å². The molecule has 1 fully saturated rings. The van der Waals surface area contributed by atoms with Gasteiger partial charge in [-0.25, -0.2) is 13.2 Å². The summed E-state index contributed by atoms with van der Waals surface area (Å²) in [6, 6.07) is 6.58. The Balaban J connectivity index is 1.51. The van der Waals surface area contributed by atoms with E-state index in [0.717, 1.165) is 36.5 Å². The summed E-state index contributed by atoms with van der Waals surface area (Å²) in [4.78, 5) is 15.3. The first-order chi connectivity index (χ1) is 15.7. The molecule has 0 aliphatic heterocycles. The lowest BCUT2D eigenvalue weighted by molar-refractivity contribution is 0.0729. The monoisotopic (exact) mass is 457 g/mol. The number of aryl methyl sites for hydroxylation is 2. The third-order valence-electron chi connectivity index (χ3n) is 6.43. The number of hydrogen-bond acceptors (Lipinski definition) is 2. The fourth-order valence-corrected chi connectivity index (χ4v) is 4.64. The predicted molar refractivity (Wildman–Crippen MR) is 122 cm³/mol. The van der Waals surface area contributed by atoms with E-state index in [1.165, 1.54) is 17.8 Å². The normalized spacial score (nSPS) is 20.6. The molecule has 33 heavy (non-hydrogen) atoms. The highest BCUT2D eigenvalue weighted by molar-refractivity contribution is 5.94. The van der Waals surface area contributed by atoms with Crippen molar-refractivity contribution in [2.45, 2.75) is 72.0 Å². The molecule has 2 aromatic rings. The van der Waals surface area contributed by atoms with Crippen molar-refractivity contribution in [3.8, 4) is 0 Å². The molecule has 0 spiro atoms. The minimum absolute atomic E-state index is 0.0442. The van der Waals surface area contributed by atoms with Crippen molar-refractivity contribution in [3.63, 3.8) is 0 Å². The van der Waals surface area contributed by atoms with Crippen molar-refractivity contribution in [2.24, 2.45) is 5.41 Å². The second-order valence-electron chi connectivity index (χ2n) is 9.60. The SMILES string of the molecule is CCc1ccc(C)cc1CN(C(=O)c1cnn(CC2(C)C=C(F)C=C(C(F)F)C2)c1)C1CC1. The number of rotatable bonds is 8. The van der Waals surface area contributed by atoms with Gasteiger partial charge in [-0.1, -0.05) is 37.6 Å². The summed E-state index contributed by atoms with van der Waals surface area (Å²) >= 11 is 0. The number of carbonyl (C=O) groups excluding carboxylic acids is 1. The van der Waals surface area contributed by atoms with E-state index in [0.29, 0.717) is 12.1 Å². The number of benzene rings is 1. The van der Waals surface area contributed by atoms with Crippen molar-refractivity contribution >= 4 is 5.91 Å². The number of aromatic nitrogens is 2. The molecule has 1 heterocycles. The Hall–Kier alpha value is -2.83. The number of halogens is 3. The molecule has 0 saturated heterocycles. The molecule has 1 atom stereocenters. The zero-order valence-electron chi connectivity index (χ0n) is 19.3. The number of alkyl halides is 2. The van der Waals surface area contributed by atoms with Gasteiger partial charge in [0.25, 0.3) is 12.3 Å². The molecule has 4 nitrogen and oxygen atoms in total. The molecule has 1 aromatic heterocycles. The Labute approximate surface area is 192 Å². The van der Waals surface area contributed by atoms with E-state index in [9.17, 15) is 18.0 Å². The van der Waals surface area contributed by atoms with Crippen LogP contribution in [-0.2, 0) is 19.5 Å². The lowest BCUT2D eigenvalue weighted by Gasteiger charge is -2.30. The van der Waals surface area contributed by atoms with Crippen LogP contribution in [0.3, 0.4) is 0 Å². The Bertz CT molecular complexity index is 1100. The standard InChI is InChI=1S/C26H30F3N3O/c1-4-18-6-5-17(2)9-20(18)15-32(23-7-8-23)25(33)21-13-30-31(14-21)16-26(3)11-19(24(28)29)10-22(27)12-26/h5-6,9-10,12-14,23-24H,4,7-8,11,15-16H2,1-3H3. The Morgan fingerprint density at radius 3 is 2.73 bits per heavy atom. The zero-order chi connectivity index (χ0) is 23.8. The largest absolute Gasteiger partial charge is 0.331 e. The molecule has 176 valence electrons. The van der Waals surface area contributed by atoms with Gasteiger partial charge in [-0.15, -0.1) is 0 Å². The third-order valence-corrected chi connectivity index (χ3v) is 6.43. The first-order valence-corrected chi connectivity index (χ1v) is 11.5. The smallest absolute Gasteiger partial charge is 0.260 e. The Morgan fingerprint density at radius 1 is 1.30 bits per heavy atom. The highest BCUT2D eigenvalue weighted by Crippen LogP contribution is 2.38. The first-order valence-electron chi connectivity index (χ1n) is 11.5. The molecule has 1 aromatic carbocycles. The van der Waals surface area contributed by atoms with Crippen LogP contribution >= 0.6 is 0 Å². The van der Waals surface area contributed by atoms with Crippen LogP contribution < -0.4 is 0 Å². The van der Waals surface area contributed by atoms with Crippen molar-refractivity contribution in [1.82, 2.24) is 14.7 Å². The predicted octanol–water partition coefficient (Wildman–Crippen LogP) is 6.01. The molecule has 2 aliphatic carbocycles. The van der Waals surface area contributed by atoms with Gasteiger partial charge in [0.15, 0.2) is 0 Å². The van der Waals surface area contributed by atoms with Gasteiger partial charge in [0.2, 0.25) is 0 Å². The number of hydrogen-bond donors (Lipinski definition) is 0. The third kappa shape index (κ3) is 5.40.